The molecule has 1 unspecified atom stereocenters. The number of esters is 1. The van der Waals surface area contributed by atoms with E-state index in [9.17, 15) is 19.5 Å². The van der Waals surface area contributed by atoms with E-state index >= 15 is 0 Å². The van der Waals surface area contributed by atoms with Crippen LogP contribution in [0.15, 0.2) is 60.8 Å². The van der Waals surface area contributed by atoms with Crippen molar-refractivity contribution in [3.8, 4) is 0 Å². The summed E-state index contributed by atoms with van der Waals surface area (Å²) in [5.74, 6) is -2.71. The maximum absolute atomic E-state index is 13.7. The van der Waals surface area contributed by atoms with Gasteiger partial charge in [-0.1, -0.05) is 75.1 Å². The van der Waals surface area contributed by atoms with Crippen LogP contribution < -0.4 is 4.90 Å². The molecule has 1 N–H and O–H groups in total. The van der Waals surface area contributed by atoms with Crippen molar-refractivity contribution in [2.75, 3.05) is 11.5 Å². The molecule has 4 heterocycles. The minimum absolute atomic E-state index is 0.0218. The van der Waals surface area contributed by atoms with E-state index in [1.54, 1.807) is 13.8 Å². The fourth-order valence-electron chi connectivity index (χ4n) is 5.06. The van der Waals surface area contributed by atoms with Gasteiger partial charge >= 0.3 is 11.9 Å². The fourth-order valence-corrected chi connectivity index (χ4v) is 6.05. The summed E-state index contributed by atoms with van der Waals surface area (Å²) < 4.78 is 7.02. The molecule has 0 radical (unpaired) electrons. The van der Waals surface area contributed by atoms with E-state index in [-0.39, 0.29) is 39.1 Å². The van der Waals surface area contributed by atoms with Crippen LogP contribution in [0.5, 0.6) is 0 Å². The summed E-state index contributed by atoms with van der Waals surface area (Å²) in [6, 6.07) is 10.4. The molecule has 1 atom stereocenters. The van der Waals surface area contributed by atoms with Crippen molar-refractivity contribution in [1.29, 1.82) is 0 Å². The average Bonchev–Trinajstić information content (AvgIpc) is 3.58. The molecule has 1 saturated heterocycles. The summed E-state index contributed by atoms with van der Waals surface area (Å²) >= 11 is 0.954. The third kappa shape index (κ3) is 4.81. The number of fused-ring (bicyclic) bond motifs is 1. The van der Waals surface area contributed by atoms with Crippen molar-refractivity contribution in [3.63, 3.8) is 0 Å². The van der Waals surface area contributed by atoms with Gasteiger partial charge in [-0.3, -0.25) is 14.5 Å². The minimum atomic E-state index is -1.01. The Balaban J connectivity index is 1.71. The molecule has 1 fully saturated rings. The Morgan fingerprint density at radius 2 is 1.81 bits per heavy atom. The molecular formula is C32H32N4O5S. The highest BCUT2D eigenvalue weighted by Gasteiger charge is 2.49. The number of carbonyl (C=O) groups is 3. The summed E-state index contributed by atoms with van der Waals surface area (Å²) in [5, 5.41) is 11.9. The van der Waals surface area contributed by atoms with E-state index in [1.807, 2.05) is 53.9 Å². The third-order valence-corrected chi connectivity index (χ3v) is 8.49. The van der Waals surface area contributed by atoms with Gasteiger partial charge in [-0.25, -0.2) is 14.8 Å². The Morgan fingerprint density at radius 3 is 2.43 bits per heavy atom. The third-order valence-electron chi connectivity index (χ3n) is 7.35. The number of ketones is 1. The number of imidazole rings is 1. The number of aliphatic hydroxyl groups is 1. The van der Waals surface area contributed by atoms with Gasteiger partial charge in [-0.2, -0.15) is 0 Å². The van der Waals surface area contributed by atoms with E-state index in [4.69, 9.17) is 4.74 Å². The number of rotatable bonds is 6. The van der Waals surface area contributed by atoms with Gasteiger partial charge in [0.2, 0.25) is 0 Å². The molecule has 42 heavy (non-hydrogen) atoms. The molecule has 1 aliphatic rings. The Hall–Kier alpha value is -4.57. The lowest BCUT2D eigenvalue weighted by Gasteiger charge is -2.24. The summed E-state index contributed by atoms with van der Waals surface area (Å²) in [6.07, 6.45) is 3.28. The fraction of sp³-hybridized carbons (Fsp3) is 0.281. The second-order valence-electron chi connectivity index (χ2n) is 11.3. The lowest BCUT2D eigenvalue weighted by molar-refractivity contribution is -0.132. The molecule has 216 valence electrons. The number of hydrogen-bond donors (Lipinski definition) is 1. The standard InChI is InChI=1S/C32H32N4O5S/c1-8-16-41-30(40)27-18(3)33-31(42-27)36-24(20-11-13-21(14-12-20)32(5,6)7)22(26(38)29(36)39)25(37)23-19(4)35-15-9-10-17(2)28(35)34-23/h8-15,24,37H,1,16H2,2-7H3/b25-22+. The number of aryl methyl sites for hydroxylation is 3. The number of carbonyl (C=O) groups excluding carboxylic acids is 3. The number of hydrogen-bond acceptors (Lipinski definition) is 8. The van der Waals surface area contributed by atoms with Crippen LogP contribution in [-0.4, -0.2) is 43.7 Å². The summed E-state index contributed by atoms with van der Waals surface area (Å²) in [7, 11) is 0. The van der Waals surface area contributed by atoms with Crippen molar-refractivity contribution in [2.24, 2.45) is 0 Å². The molecule has 1 amide bonds. The van der Waals surface area contributed by atoms with Crippen LogP contribution in [0.4, 0.5) is 5.13 Å². The normalized spacial score (nSPS) is 16.8. The number of aliphatic hydroxyl groups excluding tert-OH is 1. The van der Waals surface area contributed by atoms with E-state index in [0.29, 0.717) is 22.6 Å². The van der Waals surface area contributed by atoms with Crippen molar-refractivity contribution in [3.05, 3.63) is 99.5 Å². The number of amides is 1. The van der Waals surface area contributed by atoms with Gasteiger partial charge in [0.1, 0.15) is 22.8 Å². The molecule has 1 aliphatic heterocycles. The zero-order chi connectivity index (χ0) is 30.5. The van der Waals surface area contributed by atoms with Crippen LogP contribution >= 0.6 is 11.3 Å². The maximum atomic E-state index is 13.7. The number of aromatic nitrogens is 3. The highest BCUT2D eigenvalue weighted by atomic mass is 32.1. The second-order valence-corrected chi connectivity index (χ2v) is 12.2. The van der Waals surface area contributed by atoms with Gasteiger partial charge in [-0.15, -0.1) is 0 Å². The number of benzene rings is 1. The maximum Gasteiger partial charge on any atom is 0.350 e. The molecule has 10 heteroatoms. The number of ether oxygens (including phenoxy) is 1. The Bertz CT molecular complexity index is 1790. The molecule has 0 saturated carbocycles. The minimum Gasteiger partial charge on any atom is -0.505 e. The number of nitrogens with zero attached hydrogens (tertiary/aromatic N) is 4. The van der Waals surface area contributed by atoms with Crippen molar-refractivity contribution >= 4 is 45.5 Å². The van der Waals surface area contributed by atoms with Gasteiger partial charge in [0.05, 0.1) is 23.0 Å². The first-order valence-corrected chi connectivity index (χ1v) is 14.3. The highest BCUT2D eigenvalue weighted by Crippen LogP contribution is 2.44. The van der Waals surface area contributed by atoms with Gasteiger partial charge in [0.25, 0.3) is 5.78 Å². The van der Waals surface area contributed by atoms with Crippen LogP contribution in [0.2, 0.25) is 0 Å². The molecule has 0 spiro atoms. The Kier molecular flexibility index (Phi) is 7.36. The van der Waals surface area contributed by atoms with Gasteiger partial charge in [0, 0.05) is 6.20 Å². The molecule has 0 aliphatic carbocycles. The lowest BCUT2D eigenvalue weighted by Crippen LogP contribution is -2.29. The lowest BCUT2D eigenvalue weighted by atomic mass is 9.85. The SMILES string of the molecule is C=CCOC(=O)c1sc(N2C(=O)C(=O)/C(=C(/O)c3nc4c(C)cccn4c3C)C2c2ccc(C(C)(C)C)cc2)nc1C. The number of anilines is 1. The molecule has 1 aromatic carbocycles. The quantitative estimate of drug-likeness (QED) is 0.0975. The average molecular weight is 585 g/mol. The second kappa shape index (κ2) is 10.7. The Labute approximate surface area is 247 Å². The van der Waals surface area contributed by atoms with Crippen molar-refractivity contribution in [1.82, 2.24) is 14.4 Å². The van der Waals surface area contributed by atoms with E-state index in [0.717, 1.165) is 22.5 Å². The van der Waals surface area contributed by atoms with Crippen LogP contribution in [0.1, 0.15) is 70.3 Å². The zero-order valence-corrected chi connectivity index (χ0v) is 25.2. The van der Waals surface area contributed by atoms with E-state index < -0.39 is 23.7 Å². The van der Waals surface area contributed by atoms with E-state index in [2.05, 4.69) is 37.3 Å². The molecular weight excluding hydrogens is 552 g/mol. The predicted octanol–water partition coefficient (Wildman–Crippen LogP) is 5.98. The van der Waals surface area contributed by atoms with Crippen LogP contribution in [0, 0.1) is 20.8 Å². The first kappa shape index (κ1) is 28.9. The van der Waals surface area contributed by atoms with E-state index in [1.165, 1.54) is 11.0 Å². The molecule has 5 rings (SSSR count). The molecule has 4 aromatic rings. The molecule has 9 nitrogen and oxygen atoms in total. The number of pyridine rings is 1. The first-order valence-electron chi connectivity index (χ1n) is 13.5. The van der Waals surface area contributed by atoms with Crippen molar-refractivity contribution in [2.45, 2.75) is 53.0 Å². The number of thiazole rings is 1. The molecule has 3 aromatic heterocycles. The van der Waals surface area contributed by atoms with Crippen molar-refractivity contribution < 1.29 is 24.2 Å². The highest BCUT2D eigenvalue weighted by molar-refractivity contribution is 7.17. The monoisotopic (exact) mass is 584 g/mol. The van der Waals surface area contributed by atoms with Gasteiger partial charge in [0.15, 0.2) is 10.9 Å². The smallest absolute Gasteiger partial charge is 0.350 e. The molecule has 0 bridgehead atoms. The van der Waals surface area contributed by atoms with Crippen LogP contribution in [0.25, 0.3) is 11.4 Å². The summed E-state index contributed by atoms with van der Waals surface area (Å²) in [5.41, 5.74) is 4.16. The largest absolute Gasteiger partial charge is 0.505 e. The van der Waals surface area contributed by atoms with Gasteiger partial charge in [-0.05, 0) is 48.9 Å². The number of Topliss-reactive ketones (excluding diaryl/α,β-unsaturated/α-hetero) is 1. The van der Waals surface area contributed by atoms with Crippen LogP contribution in [0.3, 0.4) is 0 Å². The summed E-state index contributed by atoms with van der Waals surface area (Å²) in [4.78, 5) is 50.6. The summed E-state index contributed by atoms with van der Waals surface area (Å²) in [6.45, 7) is 15.2. The van der Waals surface area contributed by atoms with Crippen LogP contribution in [-0.2, 0) is 19.7 Å². The zero-order valence-electron chi connectivity index (χ0n) is 24.4. The predicted molar refractivity (Wildman–Crippen MR) is 162 cm³/mol. The topological polar surface area (TPSA) is 114 Å². The van der Waals surface area contributed by atoms with Gasteiger partial charge < -0.3 is 14.2 Å². The Morgan fingerprint density at radius 1 is 1.12 bits per heavy atom. The first-order chi connectivity index (χ1) is 19.8.